The molecule has 0 aromatic carbocycles. The van der Waals surface area contributed by atoms with E-state index in [1.54, 1.807) is 0 Å². The standard InChI is InChI=1S/C30H52O2/c1-28(2,3)25-20-18-23(26(25)29(4,5)6)24(19-20)27(31)32-30(7,21-14-10-8-11-15-21)22-16-12-9-13-17-22/h20-26H,8-19H2,1-7H3. The van der Waals surface area contributed by atoms with Gasteiger partial charge in [0.25, 0.3) is 0 Å². The second-order valence-corrected chi connectivity index (χ2v) is 14.6. The number of fused-ring (bicyclic) bond motifs is 2. The van der Waals surface area contributed by atoms with Gasteiger partial charge in [-0.1, -0.05) is 80.1 Å². The van der Waals surface area contributed by atoms with Crippen molar-refractivity contribution in [1.29, 1.82) is 0 Å². The molecule has 5 atom stereocenters. The van der Waals surface area contributed by atoms with Crippen molar-refractivity contribution in [2.45, 2.75) is 131 Å². The Morgan fingerprint density at radius 3 is 1.56 bits per heavy atom. The van der Waals surface area contributed by atoms with E-state index in [2.05, 4.69) is 48.5 Å². The average Bonchev–Trinajstić information content (AvgIpc) is 3.33. The van der Waals surface area contributed by atoms with E-state index in [-0.39, 0.29) is 22.9 Å². The molecule has 4 aliphatic rings. The number of hydrogen-bond donors (Lipinski definition) is 0. The Hall–Kier alpha value is -0.530. The number of rotatable bonds is 4. The maximum absolute atomic E-state index is 13.9. The summed E-state index contributed by atoms with van der Waals surface area (Å²) in [6.45, 7) is 16.9. The molecule has 0 N–H and O–H groups in total. The van der Waals surface area contributed by atoms with Gasteiger partial charge in [-0.25, -0.2) is 0 Å². The van der Waals surface area contributed by atoms with Gasteiger partial charge in [-0.15, -0.1) is 0 Å². The molecule has 4 saturated carbocycles. The highest BCUT2D eigenvalue weighted by atomic mass is 16.6. The van der Waals surface area contributed by atoms with Gasteiger partial charge in [-0.05, 0) is 91.8 Å². The fraction of sp³-hybridized carbons (Fsp3) is 0.967. The predicted octanol–water partition coefficient (Wildman–Crippen LogP) is 8.43. The lowest BCUT2D eigenvalue weighted by Gasteiger charge is -2.50. The molecule has 4 rings (SSSR count). The van der Waals surface area contributed by atoms with Gasteiger partial charge < -0.3 is 4.74 Å². The molecular formula is C30H52O2. The third kappa shape index (κ3) is 4.55. The summed E-state index contributed by atoms with van der Waals surface area (Å²) in [5, 5.41) is 0. The van der Waals surface area contributed by atoms with Gasteiger partial charge in [0.05, 0.1) is 5.92 Å². The molecule has 0 aromatic rings. The summed E-state index contributed by atoms with van der Waals surface area (Å²) >= 11 is 0. The highest BCUT2D eigenvalue weighted by Crippen LogP contribution is 2.65. The van der Waals surface area contributed by atoms with Gasteiger partial charge in [0, 0.05) is 0 Å². The van der Waals surface area contributed by atoms with Gasteiger partial charge in [-0.2, -0.15) is 0 Å². The van der Waals surface area contributed by atoms with Crippen LogP contribution in [0.3, 0.4) is 0 Å². The van der Waals surface area contributed by atoms with Crippen LogP contribution in [0.5, 0.6) is 0 Å². The number of carbonyl (C=O) groups is 1. The summed E-state index contributed by atoms with van der Waals surface area (Å²) in [7, 11) is 0. The van der Waals surface area contributed by atoms with E-state index >= 15 is 0 Å². The van der Waals surface area contributed by atoms with Crippen molar-refractivity contribution in [3.63, 3.8) is 0 Å². The molecule has 0 aromatic heterocycles. The van der Waals surface area contributed by atoms with Crippen molar-refractivity contribution in [2.24, 2.45) is 52.3 Å². The molecule has 0 saturated heterocycles. The summed E-state index contributed by atoms with van der Waals surface area (Å²) in [6.07, 6.45) is 15.3. The number of carbonyl (C=O) groups excluding carboxylic acids is 1. The van der Waals surface area contributed by atoms with Gasteiger partial charge in [0.15, 0.2) is 0 Å². The van der Waals surface area contributed by atoms with Gasteiger partial charge in [-0.3, -0.25) is 4.79 Å². The molecule has 2 bridgehead atoms. The quantitative estimate of drug-likeness (QED) is 0.407. The molecule has 0 aliphatic heterocycles. The van der Waals surface area contributed by atoms with E-state index < -0.39 is 0 Å². The molecule has 5 unspecified atom stereocenters. The summed E-state index contributed by atoms with van der Waals surface area (Å²) < 4.78 is 6.80. The predicted molar refractivity (Wildman–Crippen MR) is 133 cm³/mol. The highest BCUT2D eigenvalue weighted by Gasteiger charge is 2.61. The van der Waals surface area contributed by atoms with Crippen LogP contribution in [0, 0.1) is 52.3 Å². The zero-order valence-electron chi connectivity index (χ0n) is 22.3. The summed E-state index contributed by atoms with van der Waals surface area (Å²) in [5.41, 5.74) is 0.317. The number of esters is 1. The van der Waals surface area contributed by atoms with Crippen LogP contribution in [-0.4, -0.2) is 11.6 Å². The van der Waals surface area contributed by atoms with E-state index in [1.807, 2.05) is 0 Å². The minimum absolute atomic E-state index is 0.134. The van der Waals surface area contributed by atoms with Crippen molar-refractivity contribution >= 4 is 5.97 Å². The summed E-state index contributed by atoms with van der Waals surface area (Å²) in [4.78, 5) is 13.9. The molecule has 0 heterocycles. The molecule has 0 spiro atoms. The third-order valence-electron chi connectivity index (χ3n) is 10.5. The Labute approximate surface area is 199 Å². The van der Waals surface area contributed by atoms with Crippen LogP contribution in [0.1, 0.15) is 126 Å². The van der Waals surface area contributed by atoms with Crippen LogP contribution < -0.4 is 0 Å². The van der Waals surface area contributed by atoms with Crippen molar-refractivity contribution in [3.8, 4) is 0 Å². The summed E-state index contributed by atoms with van der Waals surface area (Å²) in [6, 6.07) is 0. The molecule has 4 aliphatic carbocycles. The smallest absolute Gasteiger partial charge is 0.309 e. The minimum atomic E-state index is -0.236. The first kappa shape index (κ1) is 24.6. The first-order valence-electron chi connectivity index (χ1n) is 14.2. The molecule has 4 fully saturated rings. The fourth-order valence-corrected chi connectivity index (χ4v) is 9.20. The molecule has 0 amide bonds. The van der Waals surface area contributed by atoms with Gasteiger partial charge >= 0.3 is 5.97 Å². The molecule has 2 heteroatoms. The summed E-state index contributed by atoms with van der Waals surface area (Å²) in [5.74, 6) is 4.00. The zero-order valence-corrected chi connectivity index (χ0v) is 22.3. The van der Waals surface area contributed by atoms with Crippen molar-refractivity contribution < 1.29 is 9.53 Å². The van der Waals surface area contributed by atoms with Crippen LogP contribution in [-0.2, 0) is 9.53 Å². The normalized spacial score (nSPS) is 35.3. The second kappa shape index (κ2) is 8.92. The monoisotopic (exact) mass is 444 g/mol. The molecule has 2 nitrogen and oxygen atoms in total. The van der Waals surface area contributed by atoms with Crippen LogP contribution in [0.4, 0.5) is 0 Å². The molecule has 32 heavy (non-hydrogen) atoms. The largest absolute Gasteiger partial charge is 0.459 e. The van der Waals surface area contributed by atoms with Crippen molar-refractivity contribution in [1.82, 2.24) is 0 Å². The Morgan fingerprint density at radius 2 is 1.12 bits per heavy atom. The average molecular weight is 445 g/mol. The van der Waals surface area contributed by atoms with E-state index in [0.717, 1.165) is 12.3 Å². The van der Waals surface area contributed by atoms with E-state index in [1.165, 1.54) is 70.6 Å². The Balaban J connectivity index is 1.55. The maximum atomic E-state index is 13.9. The van der Waals surface area contributed by atoms with E-state index in [4.69, 9.17) is 4.74 Å². The SMILES string of the molecule is CC(C)(C)C1C2CC(C(=O)OC(C)(C3CCCCC3)C3CCCCC3)C(C2)C1C(C)(C)C. The fourth-order valence-electron chi connectivity index (χ4n) is 9.20. The van der Waals surface area contributed by atoms with Crippen LogP contribution in [0.25, 0.3) is 0 Å². The lowest BCUT2D eigenvalue weighted by Crippen LogP contribution is -2.50. The van der Waals surface area contributed by atoms with Crippen LogP contribution in [0.2, 0.25) is 0 Å². The molecular weight excluding hydrogens is 392 g/mol. The highest BCUT2D eigenvalue weighted by molar-refractivity contribution is 5.74. The topological polar surface area (TPSA) is 26.3 Å². The van der Waals surface area contributed by atoms with Crippen molar-refractivity contribution in [2.75, 3.05) is 0 Å². The van der Waals surface area contributed by atoms with Crippen LogP contribution >= 0.6 is 0 Å². The zero-order chi connectivity index (χ0) is 23.3. The Morgan fingerprint density at radius 1 is 0.656 bits per heavy atom. The molecule has 0 radical (unpaired) electrons. The maximum Gasteiger partial charge on any atom is 0.309 e. The first-order valence-corrected chi connectivity index (χ1v) is 14.2. The Kier molecular flexibility index (Phi) is 6.85. The number of hydrogen-bond acceptors (Lipinski definition) is 2. The van der Waals surface area contributed by atoms with Gasteiger partial charge in [0.2, 0.25) is 0 Å². The second-order valence-electron chi connectivity index (χ2n) is 14.6. The minimum Gasteiger partial charge on any atom is -0.459 e. The molecule has 184 valence electrons. The van der Waals surface area contributed by atoms with Gasteiger partial charge in [0.1, 0.15) is 5.60 Å². The lowest BCUT2D eigenvalue weighted by molar-refractivity contribution is -0.186. The van der Waals surface area contributed by atoms with Crippen LogP contribution in [0.15, 0.2) is 0 Å². The first-order chi connectivity index (χ1) is 14.9. The third-order valence-corrected chi connectivity index (χ3v) is 10.5. The van der Waals surface area contributed by atoms with E-state index in [9.17, 15) is 4.79 Å². The lowest BCUT2D eigenvalue weighted by atomic mass is 9.57. The Bertz CT molecular complexity index is 635. The van der Waals surface area contributed by atoms with E-state index in [0.29, 0.717) is 35.0 Å². The van der Waals surface area contributed by atoms with Crippen molar-refractivity contribution in [3.05, 3.63) is 0 Å². The number of ether oxygens (including phenoxy) is 1.